The summed E-state index contributed by atoms with van der Waals surface area (Å²) < 4.78 is 0. The number of nitrogens with one attached hydrogen (secondary N) is 1. The molecule has 2 rings (SSSR count). The first kappa shape index (κ1) is 14.5. The third-order valence-corrected chi connectivity index (χ3v) is 3.80. The van der Waals surface area contributed by atoms with E-state index in [4.69, 9.17) is 10.8 Å². The van der Waals surface area contributed by atoms with Crippen LogP contribution in [-0.2, 0) is 11.3 Å². The summed E-state index contributed by atoms with van der Waals surface area (Å²) in [7, 11) is 0. The second-order valence-electron chi connectivity index (χ2n) is 5.28. The highest BCUT2D eigenvalue weighted by molar-refractivity contribution is 5.87. The lowest BCUT2D eigenvalue weighted by Gasteiger charge is -2.27. The number of nitrogens with two attached hydrogens (primary N) is 1. The van der Waals surface area contributed by atoms with E-state index >= 15 is 0 Å². The summed E-state index contributed by atoms with van der Waals surface area (Å²) in [6.07, 6.45) is 3.86. The van der Waals surface area contributed by atoms with Gasteiger partial charge in [-0.15, -0.1) is 0 Å². The number of aromatic carboxylic acids is 1. The molecule has 1 aliphatic rings. The molecule has 0 aliphatic heterocycles. The van der Waals surface area contributed by atoms with Crippen molar-refractivity contribution in [2.75, 3.05) is 0 Å². The number of benzene rings is 1. The van der Waals surface area contributed by atoms with Crippen molar-refractivity contribution in [3.63, 3.8) is 0 Å². The smallest absolute Gasteiger partial charge is 0.335 e. The first-order valence-electron chi connectivity index (χ1n) is 6.93. The minimum atomic E-state index is -0.965. The van der Waals surface area contributed by atoms with Crippen LogP contribution in [0.3, 0.4) is 0 Å². The van der Waals surface area contributed by atoms with Crippen LogP contribution in [0.1, 0.15) is 41.6 Å². The number of carboxylic acid groups (broad SMARTS) is 1. The lowest BCUT2D eigenvalue weighted by Crippen LogP contribution is -2.43. The Bertz CT molecular complexity index is 502. The number of amides is 1. The first-order chi connectivity index (χ1) is 9.58. The van der Waals surface area contributed by atoms with Crippen LogP contribution in [0.25, 0.3) is 0 Å². The topological polar surface area (TPSA) is 92.4 Å². The molecule has 0 radical (unpaired) electrons. The molecule has 0 heterocycles. The molecule has 1 amide bonds. The molecule has 20 heavy (non-hydrogen) atoms. The zero-order chi connectivity index (χ0) is 14.5. The first-order valence-corrected chi connectivity index (χ1v) is 6.93. The highest BCUT2D eigenvalue weighted by Gasteiger charge is 2.27. The quantitative estimate of drug-likeness (QED) is 0.777. The van der Waals surface area contributed by atoms with Crippen LogP contribution < -0.4 is 11.1 Å². The Labute approximate surface area is 118 Å². The Morgan fingerprint density at radius 2 is 2.05 bits per heavy atom. The number of carboxylic acids is 1. The Morgan fingerprint density at radius 3 is 2.75 bits per heavy atom. The minimum Gasteiger partial charge on any atom is -0.478 e. The molecular weight excluding hydrogens is 256 g/mol. The molecule has 1 fully saturated rings. The van der Waals surface area contributed by atoms with Crippen molar-refractivity contribution in [1.29, 1.82) is 0 Å². The molecule has 0 saturated heterocycles. The molecule has 0 spiro atoms. The minimum absolute atomic E-state index is 0.0297. The van der Waals surface area contributed by atoms with Gasteiger partial charge in [-0.05, 0) is 30.5 Å². The van der Waals surface area contributed by atoms with E-state index in [0.29, 0.717) is 6.54 Å². The van der Waals surface area contributed by atoms with Crippen LogP contribution in [0.5, 0.6) is 0 Å². The van der Waals surface area contributed by atoms with Gasteiger partial charge < -0.3 is 16.2 Å². The molecule has 1 saturated carbocycles. The second-order valence-corrected chi connectivity index (χ2v) is 5.28. The Balaban J connectivity index is 1.92. The summed E-state index contributed by atoms with van der Waals surface area (Å²) in [6, 6.07) is 6.52. The Morgan fingerprint density at radius 1 is 1.30 bits per heavy atom. The maximum Gasteiger partial charge on any atom is 0.335 e. The normalized spacial score (nSPS) is 22.2. The average molecular weight is 276 g/mol. The lowest BCUT2D eigenvalue weighted by atomic mass is 9.84. The molecule has 5 heteroatoms. The fourth-order valence-corrected chi connectivity index (χ4v) is 2.62. The Hall–Kier alpha value is -1.88. The number of carbonyl (C=O) groups excluding carboxylic acids is 1. The van der Waals surface area contributed by atoms with Gasteiger partial charge in [-0.1, -0.05) is 25.0 Å². The highest BCUT2D eigenvalue weighted by Crippen LogP contribution is 2.23. The molecule has 0 aromatic heterocycles. The molecule has 1 aliphatic carbocycles. The summed E-state index contributed by atoms with van der Waals surface area (Å²) in [4.78, 5) is 23.0. The molecule has 4 N–H and O–H groups in total. The molecule has 1 aromatic carbocycles. The lowest BCUT2D eigenvalue weighted by molar-refractivity contribution is -0.126. The fourth-order valence-electron chi connectivity index (χ4n) is 2.62. The second kappa shape index (κ2) is 6.52. The highest BCUT2D eigenvalue weighted by atomic mass is 16.4. The van der Waals surface area contributed by atoms with Crippen molar-refractivity contribution in [2.24, 2.45) is 11.7 Å². The van der Waals surface area contributed by atoms with Crippen molar-refractivity contribution < 1.29 is 14.7 Å². The molecule has 2 atom stereocenters. The predicted octanol–water partition coefficient (Wildman–Crippen LogP) is 1.52. The van der Waals surface area contributed by atoms with Crippen LogP contribution in [0, 0.1) is 5.92 Å². The van der Waals surface area contributed by atoms with Gasteiger partial charge in [-0.2, -0.15) is 0 Å². The van der Waals surface area contributed by atoms with Gasteiger partial charge in [0.05, 0.1) is 11.5 Å². The monoisotopic (exact) mass is 276 g/mol. The van der Waals surface area contributed by atoms with Crippen LogP contribution in [-0.4, -0.2) is 23.0 Å². The molecule has 0 bridgehead atoms. The summed E-state index contributed by atoms with van der Waals surface area (Å²) >= 11 is 0. The summed E-state index contributed by atoms with van der Waals surface area (Å²) in [6.45, 7) is 0.336. The molecule has 2 unspecified atom stereocenters. The number of rotatable bonds is 4. The van der Waals surface area contributed by atoms with Gasteiger partial charge in [0.1, 0.15) is 0 Å². The van der Waals surface area contributed by atoms with Gasteiger partial charge in [0.15, 0.2) is 0 Å². The van der Waals surface area contributed by atoms with Crippen molar-refractivity contribution in [2.45, 2.75) is 38.3 Å². The van der Waals surface area contributed by atoms with E-state index in [1.54, 1.807) is 18.2 Å². The third-order valence-electron chi connectivity index (χ3n) is 3.80. The van der Waals surface area contributed by atoms with Gasteiger partial charge in [0.2, 0.25) is 5.91 Å². The Kier molecular flexibility index (Phi) is 4.74. The van der Waals surface area contributed by atoms with Crippen LogP contribution in [0.4, 0.5) is 0 Å². The van der Waals surface area contributed by atoms with Gasteiger partial charge in [-0.25, -0.2) is 4.79 Å². The zero-order valence-electron chi connectivity index (χ0n) is 11.3. The molecule has 5 nitrogen and oxygen atoms in total. The summed E-state index contributed by atoms with van der Waals surface area (Å²) in [5, 5.41) is 11.8. The zero-order valence-corrected chi connectivity index (χ0v) is 11.3. The number of hydrogen-bond donors (Lipinski definition) is 3. The standard InChI is InChI=1S/C15H20N2O3/c16-13-7-2-1-6-12(13)14(18)17-9-10-4-3-5-11(8-10)15(19)20/h3-5,8,12-13H,1-2,6-7,9,16H2,(H,17,18)(H,19,20). The van der Waals surface area contributed by atoms with E-state index in [9.17, 15) is 9.59 Å². The van der Waals surface area contributed by atoms with Crippen LogP contribution in [0.2, 0.25) is 0 Å². The third kappa shape index (κ3) is 3.57. The largest absolute Gasteiger partial charge is 0.478 e. The fraction of sp³-hybridized carbons (Fsp3) is 0.467. The average Bonchev–Trinajstić information content (AvgIpc) is 2.45. The molecule has 108 valence electrons. The van der Waals surface area contributed by atoms with E-state index in [2.05, 4.69) is 5.32 Å². The molecular formula is C15H20N2O3. The van der Waals surface area contributed by atoms with E-state index in [0.717, 1.165) is 31.2 Å². The van der Waals surface area contributed by atoms with Crippen molar-refractivity contribution in [1.82, 2.24) is 5.32 Å². The van der Waals surface area contributed by atoms with Crippen LogP contribution >= 0.6 is 0 Å². The summed E-state index contributed by atoms with van der Waals surface area (Å²) in [5.41, 5.74) is 6.98. The van der Waals surface area contributed by atoms with Gasteiger partial charge >= 0.3 is 5.97 Å². The van der Waals surface area contributed by atoms with E-state index < -0.39 is 5.97 Å². The maximum absolute atomic E-state index is 12.1. The van der Waals surface area contributed by atoms with Crippen molar-refractivity contribution in [3.8, 4) is 0 Å². The SMILES string of the molecule is NC1CCCCC1C(=O)NCc1cccc(C(=O)O)c1. The van der Waals surface area contributed by atoms with Crippen LogP contribution in [0.15, 0.2) is 24.3 Å². The predicted molar refractivity (Wildman–Crippen MR) is 75.2 cm³/mol. The van der Waals surface area contributed by atoms with Gasteiger partial charge in [0, 0.05) is 12.6 Å². The number of carbonyl (C=O) groups is 2. The van der Waals surface area contributed by atoms with E-state index in [1.807, 2.05) is 0 Å². The maximum atomic E-state index is 12.1. The van der Waals surface area contributed by atoms with Gasteiger partial charge in [0.25, 0.3) is 0 Å². The van der Waals surface area contributed by atoms with Gasteiger partial charge in [-0.3, -0.25) is 4.79 Å². The van der Waals surface area contributed by atoms with E-state index in [-0.39, 0.29) is 23.4 Å². The van der Waals surface area contributed by atoms with Crippen molar-refractivity contribution >= 4 is 11.9 Å². The van der Waals surface area contributed by atoms with E-state index in [1.165, 1.54) is 6.07 Å². The molecule has 1 aromatic rings. The van der Waals surface area contributed by atoms with Crippen molar-refractivity contribution in [3.05, 3.63) is 35.4 Å². The summed E-state index contributed by atoms with van der Waals surface area (Å²) in [5.74, 6) is -1.11. The number of hydrogen-bond acceptors (Lipinski definition) is 3.